The van der Waals surface area contributed by atoms with Crippen LogP contribution in [0.25, 0.3) is 10.8 Å². The Morgan fingerprint density at radius 2 is 2.22 bits per heavy atom. The minimum absolute atomic E-state index is 0.250. The molecule has 1 saturated heterocycles. The highest BCUT2D eigenvalue weighted by molar-refractivity contribution is 6.04. The van der Waals surface area contributed by atoms with Gasteiger partial charge in [0.2, 0.25) is 0 Å². The lowest BCUT2D eigenvalue weighted by molar-refractivity contribution is 0.252. The summed E-state index contributed by atoms with van der Waals surface area (Å²) in [5.74, 6) is 0. The SMILES string of the molecule is N#C[C@@H]1CNC(=O)N1c1cncc2ccccc12. The van der Waals surface area contributed by atoms with Crippen LogP contribution in [0.1, 0.15) is 0 Å². The van der Waals surface area contributed by atoms with Crippen LogP contribution in [0.4, 0.5) is 10.5 Å². The van der Waals surface area contributed by atoms with Gasteiger partial charge >= 0.3 is 6.03 Å². The van der Waals surface area contributed by atoms with Crippen molar-refractivity contribution in [2.24, 2.45) is 0 Å². The van der Waals surface area contributed by atoms with E-state index in [0.717, 1.165) is 10.8 Å². The van der Waals surface area contributed by atoms with Crippen LogP contribution in [-0.4, -0.2) is 23.6 Å². The van der Waals surface area contributed by atoms with Gasteiger partial charge in [-0.15, -0.1) is 0 Å². The molecular formula is C13H10N4O. The van der Waals surface area contributed by atoms with E-state index in [1.807, 2.05) is 24.3 Å². The fourth-order valence-electron chi connectivity index (χ4n) is 2.18. The first-order valence-corrected chi connectivity index (χ1v) is 5.60. The third-order valence-electron chi connectivity index (χ3n) is 3.03. The molecule has 1 aromatic carbocycles. The molecule has 1 aliphatic heterocycles. The molecule has 18 heavy (non-hydrogen) atoms. The van der Waals surface area contributed by atoms with Gasteiger partial charge in [0.25, 0.3) is 0 Å². The van der Waals surface area contributed by atoms with Crippen LogP contribution in [-0.2, 0) is 0 Å². The smallest absolute Gasteiger partial charge is 0.323 e. The van der Waals surface area contributed by atoms with Gasteiger partial charge in [0.1, 0.15) is 6.04 Å². The van der Waals surface area contributed by atoms with Crippen LogP contribution in [0.15, 0.2) is 36.7 Å². The first kappa shape index (κ1) is 10.5. The van der Waals surface area contributed by atoms with Crippen LogP contribution < -0.4 is 10.2 Å². The van der Waals surface area contributed by atoms with Gasteiger partial charge in [-0.3, -0.25) is 9.88 Å². The van der Waals surface area contributed by atoms with E-state index in [-0.39, 0.29) is 6.03 Å². The second kappa shape index (κ2) is 4.00. The molecule has 1 fully saturated rings. The standard InChI is InChI=1S/C13H10N4O/c14-5-10-7-16-13(18)17(10)12-8-15-6-9-3-1-2-4-11(9)12/h1-4,6,8,10H,7H2,(H,16,18)/t10-/m1/s1. The van der Waals surface area contributed by atoms with Crippen LogP contribution in [0, 0.1) is 11.3 Å². The molecule has 0 saturated carbocycles. The zero-order valence-corrected chi connectivity index (χ0v) is 9.50. The lowest BCUT2D eigenvalue weighted by Crippen LogP contribution is -2.33. The maximum absolute atomic E-state index is 11.8. The summed E-state index contributed by atoms with van der Waals surface area (Å²) in [6.45, 7) is 0.346. The molecule has 0 radical (unpaired) electrons. The number of benzene rings is 1. The molecule has 5 nitrogen and oxygen atoms in total. The van der Waals surface area contributed by atoms with Crippen molar-refractivity contribution in [3.8, 4) is 6.07 Å². The van der Waals surface area contributed by atoms with Crippen molar-refractivity contribution in [2.75, 3.05) is 11.4 Å². The normalized spacial score (nSPS) is 18.7. The first-order chi connectivity index (χ1) is 8.81. The number of carbonyl (C=O) groups is 1. The Hall–Kier alpha value is -2.61. The zero-order valence-electron chi connectivity index (χ0n) is 9.50. The van der Waals surface area contributed by atoms with E-state index in [1.54, 1.807) is 12.4 Å². The van der Waals surface area contributed by atoms with E-state index in [1.165, 1.54) is 4.90 Å². The van der Waals surface area contributed by atoms with Gasteiger partial charge in [0, 0.05) is 17.0 Å². The minimum Gasteiger partial charge on any atom is -0.334 e. The Morgan fingerprint density at radius 1 is 1.39 bits per heavy atom. The molecule has 1 aromatic heterocycles. The summed E-state index contributed by atoms with van der Waals surface area (Å²) in [5, 5.41) is 13.6. The number of hydrogen-bond acceptors (Lipinski definition) is 3. The summed E-state index contributed by atoms with van der Waals surface area (Å²) in [5.41, 5.74) is 0.676. The van der Waals surface area contributed by atoms with Crippen molar-refractivity contribution in [1.82, 2.24) is 10.3 Å². The number of urea groups is 1. The van der Waals surface area contributed by atoms with E-state index in [4.69, 9.17) is 5.26 Å². The molecule has 0 aliphatic carbocycles. The van der Waals surface area contributed by atoms with Gasteiger partial charge in [0.05, 0.1) is 24.5 Å². The maximum atomic E-state index is 11.8. The highest BCUT2D eigenvalue weighted by atomic mass is 16.2. The largest absolute Gasteiger partial charge is 0.334 e. The van der Waals surface area contributed by atoms with Gasteiger partial charge in [-0.05, 0) is 0 Å². The third kappa shape index (κ3) is 1.47. The summed E-state index contributed by atoms with van der Waals surface area (Å²) in [6.07, 6.45) is 3.37. The van der Waals surface area contributed by atoms with Crippen molar-refractivity contribution in [1.29, 1.82) is 5.26 Å². The third-order valence-corrected chi connectivity index (χ3v) is 3.03. The van der Waals surface area contributed by atoms with Gasteiger partial charge in [-0.2, -0.15) is 5.26 Å². The quantitative estimate of drug-likeness (QED) is 0.821. The fourth-order valence-corrected chi connectivity index (χ4v) is 2.18. The van der Waals surface area contributed by atoms with Crippen molar-refractivity contribution in [3.63, 3.8) is 0 Å². The molecule has 2 aromatic rings. The number of pyridine rings is 1. The molecule has 2 amide bonds. The zero-order chi connectivity index (χ0) is 12.5. The Labute approximate surface area is 104 Å². The molecule has 1 N–H and O–H groups in total. The van der Waals surface area contributed by atoms with E-state index in [9.17, 15) is 4.79 Å². The van der Waals surface area contributed by atoms with Crippen LogP contribution in [0.2, 0.25) is 0 Å². The van der Waals surface area contributed by atoms with E-state index < -0.39 is 6.04 Å². The maximum Gasteiger partial charge on any atom is 0.323 e. The second-order valence-electron chi connectivity index (χ2n) is 4.08. The predicted octanol–water partition coefficient (Wildman–Crippen LogP) is 1.66. The molecule has 0 bridgehead atoms. The van der Waals surface area contributed by atoms with Gasteiger partial charge in [-0.25, -0.2) is 4.79 Å². The van der Waals surface area contributed by atoms with E-state index in [2.05, 4.69) is 16.4 Å². The average Bonchev–Trinajstić information content (AvgIpc) is 2.79. The van der Waals surface area contributed by atoms with Crippen LogP contribution >= 0.6 is 0 Å². The number of nitrogens with one attached hydrogen (secondary N) is 1. The molecule has 1 atom stereocenters. The Morgan fingerprint density at radius 3 is 3.06 bits per heavy atom. The molecule has 88 valence electrons. The Balaban J connectivity index is 2.20. The van der Waals surface area contributed by atoms with E-state index >= 15 is 0 Å². The summed E-state index contributed by atoms with van der Waals surface area (Å²) in [6, 6.07) is 9.07. The molecule has 0 unspecified atom stereocenters. The fraction of sp³-hybridized carbons (Fsp3) is 0.154. The molecule has 0 spiro atoms. The predicted molar refractivity (Wildman–Crippen MR) is 67.0 cm³/mol. The summed E-state index contributed by atoms with van der Waals surface area (Å²) < 4.78 is 0. The number of anilines is 1. The van der Waals surface area contributed by atoms with Gasteiger partial charge < -0.3 is 5.32 Å². The highest BCUT2D eigenvalue weighted by Crippen LogP contribution is 2.28. The van der Waals surface area contributed by atoms with Gasteiger partial charge in [-0.1, -0.05) is 24.3 Å². The van der Waals surface area contributed by atoms with Crippen molar-refractivity contribution >= 4 is 22.5 Å². The van der Waals surface area contributed by atoms with Crippen molar-refractivity contribution in [3.05, 3.63) is 36.7 Å². The Kier molecular flexibility index (Phi) is 2.34. The lowest BCUT2D eigenvalue weighted by atomic mass is 10.1. The topological polar surface area (TPSA) is 69.0 Å². The summed E-state index contributed by atoms with van der Waals surface area (Å²) in [4.78, 5) is 17.4. The number of nitriles is 1. The molecule has 3 rings (SSSR count). The number of carbonyl (C=O) groups excluding carboxylic acids is 1. The van der Waals surface area contributed by atoms with Crippen molar-refractivity contribution < 1.29 is 4.79 Å². The molecular weight excluding hydrogens is 228 g/mol. The minimum atomic E-state index is -0.481. The number of hydrogen-bond donors (Lipinski definition) is 1. The second-order valence-corrected chi connectivity index (χ2v) is 4.08. The summed E-state index contributed by atoms with van der Waals surface area (Å²) >= 11 is 0. The van der Waals surface area contributed by atoms with Crippen LogP contribution in [0.5, 0.6) is 0 Å². The highest BCUT2D eigenvalue weighted by Gasteiger charge is 2.32. The Bertz CT molecular complexity index is 656. The van der Waals surface area contributed by atoms with Crippen LogP contribution in [0.3, 0.4) is 0 Å². The number of fused-ring (bicyclic) bond motifs is 1. The summed E-state index contributed by atoms with van der Waals surface area (Å²) in [7, 11) is 0. The number of nitrogens with zero attached hydrogens (tertiary/aromatic N) is 3. The molecule has 2 heterocycles. The number of aromatic nitrogens is 1. The van der Waals surface area contributed by atoms with Gasteiger partial charge in [0.15, 0.2) is 0 Å². The molecule has 1 aliphatic rings. The number of amides is 2. The van der Waals surface area contributed by atoms with E-state index in [0.29, 0.717) is 12.2 Å². The lowest BCUT2D eigenvalue weighted by Gasteiger charge is -2.19. The average molecular weight is 238 g/mol. The first-order valence-electron chi connectivity index (χ1n) is 5.60. The number of rotatable bonds is 1. The molecule has 5 heteroatoms. The van der Waals surface area contributed by atoms with Crippen molar-refractivity contribution in [2.45, 2.75) is 6.04 Å². The monoisotopic (exact) mass is 238 g/mol.